The number of benzene rings is 1. The minimum absolute atomic E-state index is 0.0614. The highest BCUT2D eigenvalue weighted by molar-refractivity contribution is 7.89. The molecule has 0 aliphatic heterocycles. The smallest absolute Gasteiger partial charge is 0.240 e. The van der Waals surface area contributed by atoms with Gasteiger partial charge < -0.3 is 4.90 Å². The van der Waals surface area contributed by atoms with Crippen molar-refractivity contribution >= 4 is 15.9 Å². The Bertz CT molecular complexity index is 836. The molecule has 0 saturated carbocycles. The van der Waals surface area contributed by atoms with Gasteiger partial charge in [0.25, 0.3) is 0 Å². The van der Waals surface area contributed by atoms with E-state index in [2.05, 4.69) is 9.71 Å². The summed E-state index contributed by atoms with van der Waals surface area (Å²) in [5.74, 6) is -0.132. The zero-order valence-corrected chi connectivity index (χ0v) is 15.5. The third-order valence-corrected chi connectivity index (χ3v) is 5.44. The maximum atomic E-state index is 12.4. The van der Waals surface area contributed by atoms with E-state index in [9.17, 15) is 13.2 Å². The molecule has 1 N–H and O–H groups in total. The van der Waals surface area contributed by atoms with Crippen molar-refractivity contribution in [2.75, 3.05) is 13.6 Å². The molecule has 25 heavy (non-hydrogen) atoms. The molecule has 1 aromatic heterocycles. The molecular formula is C18H23N3O3S. The number of carbonyl (C=O) groups excluding carboxylic acids is 1. The molecule has 1 heterocycles. The highest BCUT2D eigenvalue weighted by Crippen LogP contribution is 2.16. The van der Waals surface area contributed by atoms with Crippen LogP contribution < -0.4 is 4.72 Å². The molecule has 7 heteroatoms. The first-order valence-corrected chi connectivity index (χ1v) is 9.48. The van der Waals surface area contributed by atoms with Crippen LogP contribution in [0.2, 0.25) is 0 Å². The first-order chi connectivity index (χ1) is 11.8. The minimum Gasteiger partial charge on any atom is -0.341 e. The van der Waals surface area contributed by atoms with E-state index in [4.69, 9.17) is 0 Å². The summed E-state index contributed by atoms with van der Waals surface area (Å²) < 4.78 is 27.3. The zero-order chi connectivity index (χ0) is 18.4. The summed E-state index contributed by atoms with van der Waals surface area (Å²) in [5, 5.41) is 0. The van der Waals surface area contributed by atoms with E-state index in [1.165, 1.54) is 0 Å². The molecule has 0 fully saturated rings. The van der Waals surface area contributed by atoms with Crippen LogP contribution in [0, 0.1) is 13.8 Å². The molecule has 0 saturated heterocycles. The molecule has 0 aliphatic rings. The Balaban J connectivity index is 1.90. The number of hydrogen-bond donors (Lipinski definition) is 1. The number of sulfonamides is 1. The van der Waals surface area contributed by atoms with E-state index in [1.807, 2.05) is 25.1 Å². The van der Waals surface area contributed by atoms with Gasteiger partial charge in [-0.05, 0) is 42.7 Å². The molecule has 2 aromatic rings. The quantitative estimate of drug-likeness (QED) is 0.818. The van der Waals surface area contributed by atoms with Crippen LogP contribution >= 0.6 is 0 Å². The Hall–Kier alpha value is -2.25. The molecule has 0 spiro atoms. The van der Waals surface area contributed by atoms with Crippen LogP contribution in [0.15, 0.2) is 47.6 Å². The summed E-state index contributed by atoms with van der Waals surface area (Å²) in [6, 6.07) is 8.97. The number of nitrogens with one attached hydrogen (secondary N) is 1. The van der Waals surface area contributed by atoms with E-state index in [0.29, 0.717) is 12.1 Å². The molecule has 1 aromatic carbocycles. The molecule has 6 nitrogen and oxygen atoms in total. The SMILES string of the molecule is Cc1ccc(C)c(S(=O)(=O)NCCC(=O)N(C)Cc2cccnc2)c1. The lowest BCUT2D eigenvalue weighted by Crippen LogP contribution is -2.32. The fourth-order valence-electron chi connectivity index (χ4n) is 2.41. The van der Waals surface area contributed by atoms with Crippen molar-refractivity contribution in [2.24, 2.45) is 0 Å². The van der Waals surface area contributed by atoms with E-state index in [1.54, 1.807) is 43.4 Å². The van der Waals surface area contributed by atoms with Gasteiger partial charge in [0.1, 0.15) is 0 Å². The first-order valence-electron chi connectivity index (χ1n) is 7.99. The van der Waals surface area contributed by atoms with Crippen LogP contribution in [0.1, 0.15) is 23.1 Å². The lowest BCUT2D eigenvalue weighted by Gasteiger charge is -2.17. The standard InChI is InChI=1S/C18H23N3O3S/c1-14-6-7-15(2)17(11-14)25(23,24)20-10-8-18(22)21(3)13-16-5-4-9-19-12-16/h4-7,9,11-12,20H,8,10,13H2,1-3H3. The van der Waals surface area contributed by atoms with Crippen LogP contribution in [0.3, 0.4) is 0 Å². The molecule has 0 aliphatic carbocycles. The van der Waals surface area contributed by atoms with Crippen LogP contribution in [0.5, 0.6) is 0 Å². The van der Waals surface area contributed by atoms with Crippen LogP contribution in [0.4, 0.5) is 0 Å². The molecule has 2 rings (SSSR count). The lowest BCUT2D eigenvalue weighted by molar-refractivity contribution is -0.130. The summed E-state index contributed by atoms with van der Waals surface area (Å²) in [7, 11) is -1.94. The van der Waals surface area contributed by atoms with Gasteiger partial charge in [0, 0.05) is 39.0 Å². The van der Waals surface area contributed by atoms with Crippen molar-refractivity contribution in [3.8, 4) is 0 Å². The third kappa shape index (κ3) is 5.37. The lowest BCUT2D eigenvalue weighted by atomic mass is 10.2. The number of amides is 1. The number of carbonyl (C=O) groups is 1. The van der Waals surface area contributed by atoms with Crippen molar-refractivity contribution in [1.82, 2.24) is 14.6 Å². The van der Waals surface area contributed by atoms with Gasteiger partial charge in [-0.2, -0.15) is 0 Å². The first kappa shape index (κ1) is 19.1. The Labute approximate surface area is 148 Å². The van der Waals surface area contributed by atoms with Gasteiger partial charge in [-0.15, -0.1) is 0 Å². The summed E-state index contributed by atoms with van der Waals surface area (Å²) in [5.41, 5.74) is 2.48. The fraction of sp³-hybridized carbons (Fsp3) is 0.333. The van der Waals surface area contributed by atoms with Crippen molar-refractivity contribution in [2.45, 2.75) is 31.7 Å². The molecule has 0 radical (unpaired) electrons. The maximum absolute atomic E-state index is 12.4. The van der Waals surface area contributed by atoms with Gasteiger partial charge in [0.15, 0.2) is 0 Å². The molecule has 0 bridgehead atoms. The van der Waals surface area contributed by atoms with Gasteiger partial charge in [-0.3, -0.25) is 9.78 Å². The summed E-state index contributed by atoms with van der Waals surface area (Å²) >= 11 is 0. The van der Waals surface area contributed by atoms with E-state index < -0.39 is 10.0 Å². The van der Waals surface area contributed by atoms with Crippen LogP contribution in [0.25, 0.3) is 0 Å². The zero-order valence-electron chi connectivity index (χ0n) is 14.7. The Morgan fingerprint density at radius 2 is 2.00 bits per heavy atom. The average Bonchev–Trinajstić information content (AvgIpc) is 2.57. The highest BCUT2D eigenvalue weighted by Gasteiger charge is 2.17. The molecule has 0 atom stereocenters. The largest absolute Gasteiger partial charge is 0.341 e. The number of nitrogens with zero attached hydrogens (tertiary/aromatic N) is 2. The number of aryl methyl sites for hydroxylation is 2. The normalized spacial score (nSPS) is 11.3. The van der Waals surface area contributed by atoms with E-state index in [0.717, 1.165) is 11.1 Å². The second-order valence-corrected chi connectivity index (χ2v) is 7.76. The van der Waals surface area contributed by atoms with Crippen molar-refractivity contribution in [3.63, 3.8) is 0 Å². The van der Waals surface area contributed by atoms with Crippen molar-refractivity contribution in [1.29, 1.82) is 0 Å². The summed E-state index contributed by atoms with van der Waals surface area (Å²) in [6.07, 6.45) is 3.47. The topological polar surface area (TPSA) is 79.4 Å². The summed E-state index contributed by atoms with van der Waals surface area (Å²) in [4.78, 5) is 18.0. The van der Waals surface area contributed by atoms with Crippen molar-refractivity contribution < 1.29 is 13.2 Å². The fourth-order valence-corrected chi connectivity index (χ4v) is 3.77. The Morgan fingerprint density at radius 3 is 2.68 bits per heavy atom. The Morgan fingerprint density at radius 1 is 1.24 bits per heavy atom. The van der Waals surface area contributed by atoms with Crippen LogP contribution in [-0.4, -0.2) is 37.8 Å². The highest BCUT2D eigenvalue weighted by atomic mass is 32.2. The summed E-state index contributed by atoms with van der Waals surface area (Å²) in [6.45, 7) is 4.10. The second kappa shape index (κ2) is 8.22. The number of hydrogen-bond acceptors (Lipinski definition) is 4. The number of rotatable bonds is 7. The van der Waals surface area contributed by atoms with Crippen molar-refractivity contribution in [3.05, 3.63) is 59.4 Å². The predicted molar refractivity (Wildman–Crippen MR) is 96.4 cm³/mol. The minimum atomic E-state index is -3.62. The third-order valence-electron chi connectivity index (χ3n) is 3.83. The second-order valence-electron chi connectivity index (χ2n) is 6.03. The maximum Gasteiger partial charge on any atom is 0.240 e. The molecular weight excluding hydrogens is 338 g/mol. The monoisotopic (exact) mass is 361 g/mol. The van der Waals surface area contributed by atoms with E-state index in [-0.39, 0.29) is 23.8 Å². The van der Waals surface area contributed by atoms with Gasteiger partial charge in [-0.25, -0.2) is 13.1 Å². The molecule has 134 valence electrons. The predicted octanol–water partition coefficient (Wildman–Crippen LogP) is 2.03. The van der Waals surface area contributed by atoms with Gasteiger partial charge in [0.05, 0.1) is 4.90 Å². The van der Waals surface area contributed by atoms with Gasteiger partial charge >= 0.3 is 0 Å². The van der Waals surface area contributed by atoms with E-state index >= 15 is 0 Å². The molecule has 1 amide bonds. The Kier molecular flexibility index (Phi) is 6.27. The number of aromatic nitrogens is 1. The van der Waals surface area contributed by atoms with Gasteiger partial charge in [0.2, 0.25) is 15.9 Å². The number of pyridine rings is 1. The average molecular weight is 361 g/mol. The molecule has 0 unspecified atom stereocenters. The van der Waals surface area contributed by atoms with Crippen LogP contribution in [-0.2, 0) is 21.4 Å². The van der Waals surface area contributed by atoms with Gasteiger partial charge in [-0.1, -0.05) is 18.2 Å².